The maximum Gasteiger partial charge on any atom is 0.326 e. The number of pyridine rings is 1. The third kappa shape index (κ3) is 3.80. The third-order valence-corrected chi connectivity index (χ3v) is 5.01. The summed E-state index contributed by atoms with van der Waals surface area (Å²) < 4.78 is 6.80. The zero-order valence-electron chi connectivity index (χ0n) is 15.3. The molecule has 8 heteroatoms. The van der Waals surface area contributed by atoms with Crippen LogP contribution in [0, 0.1) is 13.8 Å². The highest BCUT2D eigenvalue weighted by atomic mass is 32.2. The summed E-state index contributed by atoms with van der Waals surface area (Å²) in [6.45, 7) is 5.37. The maximum atomic E-state index is 12.5. The quantitative estimate of drug-likeness (QED) is 0.581. The van der Waals surface area contributed by atoms with E-state index in [2.05, 4.69) is 4.98 Å². The summed E-state index contributed by atoms with van der Waals surface area (Å²) in [5.41, 5.74) is 2.69. The van der Waals surface area contributed by atoms with Crippen LogP contribution >= 0.6 is 11.8 Å². The first kappa shape index (κ1) is 18.9. The van der Waals surface area contributed by atoms with Gasteiger partial charge in [0.05, 0.1) is 11.5 Å². The molecule has 0 spiro atoms. The number of imide groups is 1. The second-order valence-corrected chi connectivity index (χ2v) is 6.92. The molecule has 0 bridgehead atoms. The Morgan fingerprint density at radius 1 is 1.30 bits per heavy atom. The van der Waals surface area contributed by atoms with Crippen molar-refractivity contribution < 1.29 is 19.1 Å². The fourth-order valence-corrected chi connectivity index (χ4v) is 3.71. The van der Waals surface area contributed by atoms with Crippen LogP contribution in [0.5, 0.6) is 0 Å². The Labute approximate surface area is 161 Å². The molecule has 3 rings (SSSR count). The molecule has 1 aliphatic heterocycles. The molecular formula is C19H19N3O4S. The van der Waals surface area contributed by atoms with E-state index in [1.54, 1.807) is 19.2 Å². The molecule has 0 saturated carbocycles. The van der Waals surface area contributed by atoms with Gasteiger partial charge in [-0.1, -0.05) is 6.07 Å². The van der Waals surface area contributed by atoms with Gasteiger partial charge in [-0.15, -0.1) is 0 Å². The average Bonchev–Trinajstić information content (AvgIpc) is 3.06. The van der Waals surface area contributed by atoms with Gasteiger partial charge in [0.1, 0.15) is 12.4 Å². The number of aryl methyl sites for hydroxylation is 1. The van der Waals surface area contributed by atoms with Gasteiger partial charge in [-0.25, -0.2) is 4.98 Å². The molecule has 3 heterocycles. The van der Waals surface area contributed by atoms with Gasteiger partial charge in [0.25, 0.3) is 11.1 Å². The standard InChI is InChI=1S/C19H19N3O4S/c1-4-26-17(23)11-21-18(24)15(27-19(21)25)10-14-9-12(2)22(13(14)3)16-7-5-6-8-20-16/h5-10H,4,11H2,1-3H3/b15-10-. The van der Waals surface area contributed by atoms with Crippen LogP contribution < -0.4 is 0 Å². The number of amides is 2. The number of hydrogen-bond acceptors (Lipinski definition) is 6. The summed E-state index contributed by atoms with van der Waals surface area (Å²) in [7, 11) is 0. The van der Waals surface area contributed by atoms with Gasteiger partial charge >= 0.3 is 5.97 Å². The lowest BCUT2D eigenvalue weighted by molar-refractivity contribution is -0.145. The van der Waals surface area contributed by atoms with Crippen molar-refractivity contribution >= 4 is 35.0 Å². The highest BCUT2D eigenvalue weighted by Gasteiger charge is 2.36. The Bertz CT molecular complexity index is 934. The summed E-state index contributed by atoms with van der Waals surface area (Å²) in [4.78, 5) is 41.8. The Balaban J connectivity index is 1.89. The van der Waals surface area contributed by atoms with Gasteiger partial charge in [-0.3, -0.25) is 19.3 Å². The van der Waals surface area contributed by atoms with Crippen molar-refractivity contribution in [3.05, 3.63) is 52.3 Å². The predicted octanol–water partition coefficient (Wildman–Crippen LogP) is 3.09. The van der Waals surface area contributed by atoms with Crippen molar-refractivity contribution in [3.8, 4) is 5.82 Å². The normalized spacial score (nSPS) is 15.7. The number of nitrogens with zero attached hydrogens (tertiary/aromatic N) is 3. The highest BCUT2D eigenvalue weighted by molar-refractivity contribution is 8.18. The van der Waals surface area contributed by atoms with Crippen LogP contribution in [-0.2, 0) is 14.3 Å². The number of aromatic nitrogens is 2. The minimum Gasteiger partial charge on any atom is -0.465 e. The van der Waals surface area contributed by atoms with Crippen molar-refractivity contribution in [2.75, 3.05) is 13.2 Å². The number of carbonyl (C=O) groups excluding carboxylic acids is 3. The molecule has 1 aliphatic rings. The zero-order valence-corrected chi connectivity index (χ0v) is 16.1. The maximum absolute atomic E-state index is 12.5. The summed E-state index contributed by atoms with van der Waals surface area (Å²) in [5.74, 6) is -0.308. The minimum atomic E-state index is -0.602. The van der Waals surface area contributed by atoms with E-state index in [0.717, 1.165) is 39.4 Å². The van der Waals surface area contributed by atoms with E-state index in [9.17, 15) is 14.4 Å². The number of hydrogen-bond donors (Lipinski definition) is 0. The number of thioether (sulfide) groups is 1. The lowest BCUT2D eigenvalue weighted by Crippen LogP contribution is -2.34. The van der Waals surface area contributed by atoms with Gasteiger partial charge < -0.3 is 9.30 Å². The van der Waals surface area contributed by atoms with Crippen molar-refractivity contribution in [3.63, 3.8) is 0 Å². The fraction of sp³-hybridized carbons (Fsp3) is 0.263. The van der Waals surface area contributed by atoms with E-state index in [-0.39, 0.29) is 18.1 Å². The van der Waals surface area contributed by atoms with Crippen molar-refractivity contribution in [1.29, 1.82) is 0 Å². The van der Waals surface area contributed by atoms with E-state index in [1.807, 2.05) is 42.7 Å². The lowest BCUT2D eigenvalue weighted by Gasteiger charge is -2.10. The second-order valence-electron chi connectivity index (χ2n) is 5.92. The van der Waals surface area contributed by atoms with E-state index < -0.39 is 17.1 Å². The molecular weight excluding hydrogens is 366 g/mol. The summed E-state index contributed by atoms with van der Waals surface area (Å²) >= 11 is 0.822. The summed E-state index contributed by atoms with van der Waals surface area (Å²) in [6.07, 6.45) is 3.40. The summed E-state index contributed by atoms with van der Waals surface area (Å²) in [5, 5.41) is -0.474. The molecule has 2 aromatic heterocycles. The van der Waals surface area contributed by atoms with Crippen LogP contribution in [0.3, 0.4) is 0 Å². The first-order valence-corrected chi connectivity index (χ1v) is 9.25. The Morgan fingerprint density at radius 2 is 2.07 bits per heavy atom. The van der Waals surface area contributed by atoms with Crippen LogP contribution in [0.25, 0.3) is 11.9 Å². The highest BCUT2D eigenvalue weighted by Crippen LogP contribution is 2.33. The van der Waals surface area contributed by atoms with Gasteiger partial charge in [0, 0.05) is 17.6 Å². The van der Waals surface area contributed by atoms with Crippen LogP contribution in [0.15, 0.2) is 35.4 Å². The second kappa shape index (κ2) is 7.79. The van der Waals surface area contributed by atoms with Gasteiger partial charge in [0.15, 0.2) is 0 Å². The van der Waals surface area contributed by atoms with E-state index in [4.69, 9.17) is 4.74 Å². The van der Waals surface area contributed by atoms with Crippen LogP contribution in [0.4, 0.5) is 4.79 Å². The zero-order chi connectivity index (χ0) is 19.6. The molecule has 1 saturated heterocycles. The Kier molecular flexibility index (Phi) is 5.46. The number of rotatable bonds is 5. The monoisotopic (exact) mass is 385 g/mol. The topological polar surface area (TPSA) is 81.5 Å². The Hall–Kier alpha value is -2.87. The predicted molar refractivity (Wildman–Crippen MR) is 102 cm³/mol. The van der Waals surface area contributed by atoms with E-state index in [0.29, 0.717) is 0 Å². The molecule has 0 radical (unpaired) electrons. The molecule has 7 nitrogen and oxygen atoms in total. The van der Waals surface area contributed by atoms with Crippen LogP contribution in [0.1, 0.15) is 23.9 Å². The van der Waals surface area contributed by atoms with Crippen molar-refractivity contribution in [1.82, 2.24) is 14.5 Å². The smallest absolute Gasteiger partial charge is 0.326 e. The molecule has 140 valence electrons. The SMILES string of the molecule is CCOC(=O)CN1C(=O)S/C(=C\c2cc(C)n(-c3ccccn3)c2C)C1=O. The van der Waals surface area contributed by atoms with Gasteiger partial charge in [0.2, 0.25) is 0 Å². The Morgan fingerprint density at radius 3 is 2.74 bits per heavy atom. The number of esters is 1. The molecule has 1 fully saturated rings. The molecule has 0 atom stereocenters. The largest absolute Gasteiger partial charge is 0.465 e. The minimum absolute atomic E-state index is 0.199. The molecule has 27 heavy (non-hydrogen) atoms. The number of ether oxygens (including phenoxy) is 1. The molecule has 2 amide bonds. The molecule has 2 aromatic rings. The molecule has 0 unspecified atom stereocenters. The summed E-state index contributed by atoms with van der Waals surface area (Å²) in [6, 6.07) is 7.58. The van der Waals surface area contributed by atoms with Gasteiger partial charge in [-0.2, -0.15) is 0 Å². The molecule has 0 N–H and O–H groups in total. The first-order chi connectivity index (χ1) is 12.9. The first-order valence-electron chi connectivity index (χ1n) is 8.43. The fourth-order valence-electron chi connectivity index (χ4n) is 2.89. The molecule has 0 aromatic carbocycles. The number of carbonyl (C=O) groups is 3. The van der Waals surface area contributed by atoms with Gasteiger partial charge in [-0.05, 0) is 62.4 Å². The average molecular weight is 385 g/mol. The third-order valence-electron chi connectivity index (χ3n) is 4.10. The van der Waals surface area contributed by atoms with Crippen molar-refractivity contribution in [2.24, 2.45) is 0 Å². The van der Waals surface area contributed by atoms with E-state index in [1.165, 1.54) is 0 Å². The molecule has 0 aliphatic carbocycles. The van der Waals surface area contributed by atoms with Crippen LogP contribution in [0.2, 0.25) is 0 Å². The van der Waals surface area contributed by atoms with Crippen LogP contribution in [-0.4, -0.2) is 44.7 Å². The van der Waals surface area contributed by atoms with E-state index >= 15 is 0 Å². The van der Waals surface area contributed by atoms with Crippen molar-refractivity contribution in [2.45, 2.75) is 20.8 Å². The lowest BCUT2D eigenvalue weighted by atomic mass is 10.2.